The van der Waals surface area contributed by atoms with Crippen LogP contribution in [0.15, 0.2) is 36.7 Å². The number of nitrogens with one attached hydrogen (secondary N) is 2. The van der Waals surface area contributed by atoms with Gasteiger partial charge < -0.3 is 4.98 Å². The molecule has 3 aromatic rings. The molecule has 1 fully saturated rings. The fraction of sp³-hybridized carbons (Fsp3) is 0.400. The summed E-state index contributed by atoms with van der Waals surface area (Å²) in [4.78, 5) is 9.84. The van der Waals surface area contributed by atoms with Gasteiger partial charge in [-0.3, -0.25) is 10.00 Å². The van der Waals surface area contributed by atoms with Crippen LogP contribution in [-0.4, -0.2) is 38.2 Å². The van der Waals surface area contributed by atoms with Crippen LogP contribution in [0.3, 0.4) is 0 Å². The van der Waals surface area contributed by atoms with Gasteiger partial charge in [-0.05, 0) is 44.0 Å². The molecule has 0 bridgehead atoms. The molecule has 2 N–H and O–H groups in total. The van der Waals surface area contributed by atoms with Crippen molar-refractivity contribution >= 4 is 0 Å². The first-order chi connectivity index (χ1) is 13.4. The molecule has 1 aliphatic rings. The number of piperidine rings is 1. The number of aromatic amines is 2. The van der Waals surface area contributed by atoms with Gasteiger partial charge in [0.1, 0.15) is 5.82 Å². The molecule has 1 aliphatic heterocycles. The van der Waals surface area contributed by atoms with E-state index in [2.05, 4.69) is 25.1 Å². The van der Waals surface area contributed by atoms with Gasteiger partial charge in [0.15, 0.2) is 0 Å². The third kappa shape index (κ3) is 3.96. The highest BCUT2D eigenvalue weighted by Gasteiger charge is 2.31. The highest BCUT2D eigenvalue weighted by Crippen LogP contribution is 2.36. The van der Waals surface area contributed by atoms with Crippen LogP contribution in [0.4, 0.5) is 13.2 Å². The minimum absolute atomic E-state index is 0.199. The fourth-order valence-corrected chi connectivity index (χ4v) is 3.93. The van der Waals surface area contributed by atoms with E-state index >= 15 is 0 Å². The quantitative estimate of drug-likeness (QED) is 0.690. The third-order valence-electron chi connectivity index (χ3n) is 5.23. The molecular weight excluding hydrogens is 367 g/mol. The Morgan fingerprint density at radius 2 is 2.11 bits per heavy atom. The Balaban J connectivity index is 1.55. The van der Waals surface area contributed by atoms with Crippen LogP contribution in [0.1, 0.15) is 41.5 Å². The van der Waals surface area contributed by atoms with Crippen molar-refractivity contribution in [3.05, 3.63) is 59.4 Å². The SMILES string of the molecule is Cc1ncc(CN2CCCC(c3[nH]ncc3-c3cccc(C(F)(F)F)c3)C2)[nH]1. The second kappa shape index (κ2) is 7.43. The maximum Gasteiger partial charge on any atom is 0.416 e. The second-order valence-corrected chi connectivity index (χ2v) is 7.34. The summed E-state index contributed by atoms with van der Waals surface area (Å²) >= 11 is 0. The van der Waals surface area contributed by atoms with Gasteiger partial charge >= 0.3 is 6.18 Å². The molecule has 28 heavy (non-hydrogen) atoms. The van der Waals surface area contributed by atoms with Crippen molar-refractivity contribution < 1.29 is 13.2 Å². The first kappa shape index (κ1) is 18.7. The predicted molar refractivity (Wildman–Crippen MR) is 99.6 cm³/mol. The molecule has 1 aromatic carbocycles. The molecule has 8 heteroatoms. The number of imidazole rings is 1. The molecule has 2 aromatic heterocycles. The number of nitrogens with zero attached hydrogens (tertiary/aromatic N) is 3. The largest absolute Gasteiger partial charge is 0.416 e. The number of likely N-dealkylation sites (tertiary alicyclic amines) is 1. The zero-order valence-corrected chi connectivity index (χ0v) is 15.6. The number of H-pyrrole nitrogens is 2. The summed E-state index contributed by atoms with van der Waals surface area (Å²) in [6, 6.07) is 5.44. The lowest BCUT2D eigenvalue weighted by molar-refractivity contribution is -0.137. The number of rotatable bonds is 4. The monoisotopic (exact) mass is 389 g/mol. The van der Waals surface area contributed by atoms with Gasteiger partial charge in [-0.1, -0.05) is 12.1 Å². The molecule has 3 heterocycles. The normalized spacial score (nSPS) is 18.5. The van der Waals surface area contributed by atoms with E-state index in [0.29, 0.717) is 5.56 Å². The molecule has 4 rings (SSSR count). The van der Waals surface area contributed by atoms with Crippen molar-refractivity contribution in [1.82, 2.24) is 25.1 Å². The van der Waals surface area contributed by atoms with Gasteiger partial charge in [0.2, 0.25) is 0 Å². The molecule has 1 atom stereocenters. The number of hydrogen-bond acceptors (Lipinski definition) is 3. The minimum Gasteiger partial charge on any atom is -0.345 e. The summed E-state index contributed by atoms with van der Waals surface area (Å²) in [6.07, 6.45) is 1.13. The average Bonchev–Trinajstić information content (AvgIpc) is 3.30. The zero-order chi connectivity index (χ0) is 19.7. The van der Waals surface area contributed by atoms with Crippen molar-refractivity contribution in [2.45, 2.75) is 38.4 Å². The molecule has 0 saturated carbocycles. The molecule has 0 amide bonds. The number of aromatic nitrogens is 4. The summed E-state index contributed by atoms with van der Waals surface area (Å²) in [5.74, 6) is 1.09. The highest BCUT2D eigenvalue weighted by atomic mass is 19.4. The van der Waals surface area contributed by atoms with Crippen LogP contribution in [-0.2, 0) is 12.7 Å². The molecule has 1 unspecified atom stereocenters. The molecule has 148 valence electrons. The maximum absolute atomic E-state index is 13.1. The molecular formula is C20H22F3N5. The van der Waals surface area contributed by atoms with Gasteiger partial charge in [-0.25, -0.2) is 4.98 Å². The first-order valence-corrected chi connectivity index (χ1v) is 9.34. The maximum atomic E-state index is 13.1. The van der Waals surface area contributed by atoms with Gasteiger partial charge in [0.05, 0.1) is 11.8 Å². The lowest BCUT2D eigenvalue weighted by Crippen LogP contribution is -2.34. The molecule has 5 nitrogen and oxygen atoms in total. The van der Waals surface area contributed by atoms with Gasteiger partial charge in [0, 0.05) is 42.2 Å². The number of aryl methyl sites for hydroxylation is 1. The Morgan fingerprint density at radius 1 is 1.25 bits per heavy atom. The summed E-state index contributed by atoms with van der Waals surface area (Å²) in [7, 11) is 0. The van der Waals surface area contributed by atoms with Crippen LogP contribution in [0.25, 0.3) is 11.1 Å². The molecule has 0 spiro atoms. The molecule has 0 radical (unpaired) electrons. The standard InChI is InChI=1S/C20H22F3N5/c1-13-24-9-17(26-13)12-28-7-3-5-15(11-28)19-18(10-25-27-19)14-4-2-6-16(8-14)20(21,22)23/h2,4,6,8-10,15H,3,5,7,11-12H2,1H3,(H,24,26)(H,25,27). The highest BCUT2D eigenvalue weighted by molar-refractivity contribution is 5.66. The van der Waals surface area contributed by atoms with E-state index < -0.39 is 11.7 Å². The Morgan fingerprint density at radius 3 is 2.86 bits per heavy atom. The van der Waals surface area contributed by atoms with Crippen LogP contribution in [0.5, 0.6) is 0 Å². The van der Waals surface area contributed by atoms with Crippen molar-refractivity contribution in [2.75, 3.05) is 13.1 Å². The Kier molecular flexibility index (Phi) is 4.97. The lowest BCUT2D eigenvalue weighted by atomic mass is 9.90. The predicted octanol–water partition coefficient (Wildman–Crippen LogP) is 4.51. The van der Waals surface area contributed by atoms with Gasteiger partial charge in [0.25, 0.3) is 0 Å². The van der Waals surface area contributed by atoms with Crippen LogP contribution >= 0.6 is 0 Å². The van der Waals surface area contributed by atoms with Crippen molar-refractivity contribution in [2.24, 2.45) is 0 Å². The summed E-state index contributed by atoms with van der Waals surface area (Å²) in [6.45, 7) is 4.52. The second-order valence-electron chi connectivity index (χ2n) is 7.34. The van der Waals surface area contributed by atoms with E-state index in [-0.39, 0.29) is 5.92 Å². The lowest BCUT2D eigenvalue weighted by Gasteiger charge is -2.32. The van der Waals surface area contributed by atoms with E-state index in [4.69, 9.17) is 0 Å². The smallest absolute Gasteiger partial charge is 0.345 e. The van der Waals surface area contributed by atoms with Crippen molar-refractivity contribution in [3.63, 3.8) is 0 Å². The molecule has 0 aliphatic carbocycles. The average molecular weight is 389 g/mol. The third-order valence-corrected chi connectivity index (χ3v) is 5.23. The van der Waals surface area contributed by atoms with E-state index in [1.54, 1.807) is 12.3 Å². The zero-order valence-electron chi connectivity index (χ0n) is 15.6. The van der Waals surface area contributed by atoms with E-state index in [1.165, 1.54) is 12.1 Å². The van der Waals surface area contributed by atoms with Crippen molar-refractivity contribution in [1.29, 1.82) is 0 Å². The number of benzene rings is 1. The van der Waals surface area contributed by atoms with E-state index in [1.807, 2.05) is 13.1 Å². The van der Waals surface area contributed by atoms with Crippen LogP contribution < -0.4 is 0 Å². The summed E-state index contributed by atoms with van der Waals surface area (Å²) in [5, 5.41) is 7.18. The first-order valence-electron chi connectivity index (χ1n) is 9.34. The summed E-state index contributed by atoms with van der Waals surface area (Å²) < 4.78 is 39.3. The summed E-state index contributed by atoms with van der Waals surface area (Å²) in [5.41, 5.74) is 2.62. The Bertz CT molecular complexity index is 943. The fourth-order valence-electron chi connectivity index (χ4n) is 3.93. The van der Waals surface area contributed by atoms with Crippen LogP contribution in [0.2, 0.25) is 0 Å². The Labute approximate surface area is 161 Å². The number of hydrogen-bond donors (Lipinski definition) is 2. The Hall–Kier alpha value is -2.61. The van der Waals surface area contributed by atoms with Gasteiger partial charge in [-0.2, -0.15) is 18.3 Å². The van der Waals surface area contributed by atoms with E-state index in [9.17, 15) is 13.2 Å². The minimum atomic E-state index is -4.36. The number of halogens is 3. The molecule has 1 saturated heterocycles. The van der Waals surface area contributed by atoms with Crippen molar-refractivity contribution in [3.8, 4) is 11.1 Å². The van der Waals surface area contributed by atoms with E-state index in [0.717, 1.165) is 61.3 Å². The van der Waals surface area contributed by atoms with Crippen LogP contribution in [0, 0.1) is 6.92 Å². The topological polar surface area (TPSA) is 60.6 Å². The number of alkyl halides is 3. The van der Waals surface area contributed by atoms with Gasteiger partial charge in [-0.15, -0.1) is 0 Å².